The summed E-state index contributed by atoms with van der Waals surface area (Å²) >= 11 is 0. The normalized spacial score (nSPS) is 11.9. The third kappa shape index (κ3) is 3.52. The molecular formula is C17H20O3. The maximum atomic E-state index is 10.2. The summed E-state index contributed by atoms with van der Waals surface area (Å²) in [6, 6.07) is 15.3. The molecule has 0 aliphatic carbocycles. The summed E-state index contributed by atoms with van der Waals surface area (Å²) in [5, 5.41) is 10.2. The van der Waals surface area contributed by atoms with Crippen molar-refractivity contribution < 1.29 is 14.6 Å². The Hall–Kier alpha value is -2.00. The molecule has 0 heterocycles. The number of aryl methyl sites for hydroxylation is 1. The number of hydrogen-bond acceptors (Lipinski definition) is 3. The lowest BCUT2D eigenvalue weighted by molar-refractivity contribution is 0.105. The molecule has 3 nitrogen and oxygen atoms in total. The molecule has 20 heavy (non-hydrogen) atoms. The van der Waals surface area contributed by atoms with Crippen molar-refractivity contribution in [3.8, 4) is 11.5 Å². The Labute approximate surface area is 119 Å². The van der Waals surface area contributed by atoms with E-state index in [2.05, 4.69) is 13.0 Å². The Morgan fingerprint density at radius 3 is 2.65 bits per heavy atom. The highest BCUT2D eigenvalue weighted by Crippen LogP contribution is 2.25. The van der Waals surface area contributed by atoms with Gasteiger partial charge < -0.3 is 14.6 Å². The minimum absolute atomic E-state index is 0.202. The largest absolute Gasteiger partial charge is 0.496 e. The number of aliphatic hydroxyl groups is 1. The first-order chi connectivity index (χ1) is 9.74. The van der Waals surface area contributed by atoms with Gasteiger partial charge in [0.1, 0.15) is 24.2 Å². The number of rotatable bonds is 6. The molecule has 0 amide bonds. The van der Waals surface area contributed by atoms with Crippen LogP contribution in [0.4, 0.5) is 0 Å². The van der Waals surface area contributed by atoms with Gasteiger partial charge in [0.05, 0.1) is 7.11 Å². The van der Waals surface area contributed by atoms with Crippen molar-refractivity contribution >= 4 is 0 Å². The quantitative estimate of drug-likeness (QED) is 0.876. The van der Waals surface area contributed by atoms with Gasteiger partial charge in [0.2, 0.25) is 0 Å². The van der Waals surface area contributed by atoms with Crippen LogP contribution < -0.4 is 9.47 Å². The van der Waals surface area contributed by atoms with Crippen LogP contribution in [0.3, 0.4) is 0 Å². The van der Waals surface area contributed by atoms with E-state index in [1.54, 1.807) is 7.11 Å². The van der Waals surface area contributed by atoms with E-state index in [0.717, 1.165) is 17.7 Å². The summed E-state index contributed by atoms with van der Waals surface area (Å²) in [6.45, 7) is 2.30. The van der Waals surface area contributed by atoms with E-state index in [9.17, 15) is 5.11 Å². The van der Waals surface area contributed by atoms with Gasteiger partial charge in [0, 0.05) is 5.56 Å². The number of aliphatic hydroxyl groups excluding tert-OH is 1. The molecule has 1 atom stereocenters. The summed E-state index contributed by atoms with van der Waals surface area (Å²) in [6.07, 6.45) is 0.253. The van der Waals surface area contributed by atoms with Gasteiger partial charge in [-0.1, -0.05) is 37.3 Å². The van der Waals surface area contributed by atoms with Crippen molar-refractivity contribution in [1.29, 1.82) is 0 Å². The van der Waals surface area contributed by atoms with Crippen LogP contribution in [0, 0.1) is 0 Å². The summed E-state index contributed by atoms with van der Waals surface area (Å²) < 4.78 is 10.9. The zero-order valence-corrected chi connectivity index (χ0v) is 11.9. The molecule has 1 unspecified atom stereocenters. The highest BCUT2D eigenvalue weighted by Gasteiger charge is 2.13. The molecule has 2 aromatic carbocycles. The Morgan fingerprint density at radius 2 is 1.90 bits per heavy atom. The molecule has 0 aliphatic heterocycles. The summed E-state index contributed by atoms with van der Waals surface area (Å²) in [5.74, 6) is 1.45. The van der Waals surface area contributed by atoms with Gasteiger partial charge in [-0.3, -0.25) is 0 Å². The number of methoxy groups -OCH3 is 1. The van der Waals surface area contributed by atoms with Crippen molar-refractivity contribution in [1.82, 2.24) is 0 Å². The summed E-state index contributed by atoms with van der Waals surface area (Å²) in [5.41, 5.74) is 1.95. The van der Waals surface area contributed by atoms with E-state index in [4.69, 9.17) is 9.47 Å². The predicted molar refractivity (Wildman–Crippen MR) is 79.3 cm³/mol. The maximum Gasteiger partial charge on any atom is 0.124 e. The second-order valence-corrected chi connectivity index (χ2v) is 4.57. The first-order valence-electron chi connectivity index (χ1n) is 6.77. The number of benzene rings is 2. The fraction of sp³-hybridized carbons (Fsp3) is 0.294. The van der Waals surface area contributed by atoms with E-state index < -0.39 is 6.10 Å². The number of hydrogen-bond donors (Lipinski definition) is 1. The molecule has 0 bridgehead atoms. The predicted octanol–water partition coefficient (Wildman–Crippen LogP) is 3.37. The van der Waals surface area contributed by atoms with Gasteiger partial charge in [0.25, 0.3) is 0 Å². The van der Waals surface area contributed by atoms with Gasteiger partial charge in [-0.15, -0.1) is 0 Å². The standard InChI is InChI=1S/C17H20O3/c1-3-13-7-6-8-14(11-13)20-12-16(18)15-9-4-5-10-17(15)19-2/h4-11,16,18H,3,12H2,1-2H3. The minimum atomic E-state index is -0.712. The molecular weight excluding hydrogens is 252 g/mol. The van der Waals surface area contributed by atoms with Gasteiger partial charge in [-0.05, 0) is 30.2 Å². The Bertz CT molecular complexity index is 551. The average Bonchev–Trinajstić information content (AvgIpc) is 2.52. The van der Waals surface area contributed by atoms with Gasteiger partial charge in [0.15, 0.2) is 0 Å². The lowest BCUT2D eigenvalue weighted by atomic mass is 10.1. The van der Waals surface area contributed by atoms with Crippen LogP contribution >= 0.6 is 0 Å². The molecule has 0 fully saturated rings. The van der Waals surface area contributed by atoms with Crippen molar-refractivity contribution in [2.45, 2.75) is 19.4 Å². The lowest BCUT2D eigenvalue weighted by Gasteiger charge is -2.15. The first-order valence-corrected chi connectivity index (χ1v) is 6.77. The molecule has 3 heteroatoms. The summed E-state index contributed by atoms with van der Waals surface area (Å²) in [7, 11) is 1.59. The third-order valence-corrected chi connectivity index (χ3v) is 3.21. The highest BCUT2D eigenvalue weighted by atomic mass is 16.5. The Morgan fingerprint density at radius 1 is 1.10 bits per heavy atom. The van der Waals surface area contributed by atoms with Crippen LogP contribution in [-0.2, 0) is 6.42 Å². The number of ether oxygens (including phenoxy) is 2. The Kier molecular flexibility index (Phi) is 5.02. The van der Waals surface area contributed by atoms with Gasteiger partial charge in [-0.25, -0.2) is 0 Å². The third-order valence-electron chi connectivity index (χ3n) is 3.21. The van der Waals surface area contributed by atoms with Crippen molar-refractivity contribution in [2.75, 3.05) is 13.7 Å². The molecule has 0 spiro atoms. The van der Waals surface area contributed by atoms with Crippen LogP contribution in [-0.4, -0.2) is 18.8 Å². The first kappa shape index (κ1) is 14.4. The van der Waals surface area contributed by atoms with E-state index in [0.29, 0.717) is 5.75 Å². The van der Waals surface area contributed by atoms with Crippen LogP contribution in [0.25, 0.3) is 0 Å². The molecule has 0 saturated carbocycles. The van der Waals surface area contributed by atoms with E-state index in [-0.39, 0.29) is 6.61 Å². The van der Waals surface area contributed by atoms with Crippen LogP contribution in [0.1, 0.15) is 24.2 Å². The lowest BCUT2D eigenvalue weighted by Crippen LogP contribution is -2.10. The Balaban J connectivity index is 2.02. The molecule has 2 aromatic rings. The van der Waals surface area contributed by atoms with Crippen molar-refractivity contribution in [2.24, 2.45) is 0 Å². The van der Waals surface area contributed by atoms with Gasteiger partial charge >= 0.3 is 0 Å². The minimum Gasteiger partial charge on any atom is -0.496 e. The van der Waals surface area contributed by atoms with Gasteiger partial charge in [-0.2, -0.15) is 0 Å². The monoisotopic (exact) mass is 272 g/mol. The van der Waals surface area contributed by atoms with Crippen LogP contribution in [0.15, 0.2) is 48.5 Å². The fourth-order valence-corrected chi connectivity index (χ4v) is 2.06. The second-order valence-electron chi connectivity index (χ2n) is 4.57. The van der Waals surface area contributed by atoms with E-state index in [1.807, 2.05) is 42.5 Å². The highest BCUT2D eigenvalue weighted by molar-refractivity contribution is 5.35. The SMILES string of the molecule is CCc1cccc(OCC(O)c2ccccc2OC)c1. The average molecular weight is 272 g/mol. The molecule has 0 aromatic heterocycles. The zero-order chi connectivity index (χ0) is 14.4. The smallest absolute Gasteiger partial charge is 0.124 e. The number of para-hydroxylation sites is 1. The summed E-state index contributed by atoms with van der Waals surface area (Å²) in [4.78, 5) is 0. The van der Waals surface area contributed by atoms with Crippen molar-refractivity contribution in [3.05, 3.63) is 59.7 Å². The van der Waals surface area contributed by atoms with Crippen molar-refractivity contribution in [3.63, 3.8) is 0 Å². The van der Waals surface area contributed by atoms with Crippen LogP contribution in [0.2, 0.25) is 0 Å². The molecule has 2 rings (SSSR count). The maximum absolute atomic E-state index is 10.2. The zero-order valence-electron chi connectivity index (χ0n) is 11.9. The molecule has 106 valence electrons. The topological polar surface area (TPSA) is 38.7 Å². The van der Waals surface area contributed by atoms with E-state index in [1.165, 1.54) is 5.56 Å². The molecule has 0 saturated heterocycles. The molecule has 1 N–H and O–H groups in total. The van der Waals surface area contributed by atoms with Crippen LogP contribution in [0.5, 0.6) is 11.5 Å². The van der Waals surface area contributed by atoms with E-state index >= 15 is 0 Å². The molecule has 0 aliphatic rings. The fourth-order valence-electron chi connectivity index (χ4n) is 2.06. The second kappa shape index (κ2) is 6.96. The molecule has 0 radical (unpaired) electrons.